The van der Waals surface area contributed by atoms with Crippen LogP contribution in [-0.2, 0) is 6.54 Å². The minimum atomic E-state index is 0.722. The highest BCUT2D eigenvalue weighted by Crippen LogP contribution is 2.61. The molecule has 1 aromatic rings. The second kappa shape index (κ2) is 5.38. The van der Waals surface area contributed by atoms with Crippen molar-refractivity contribution in [1.82, 2.24) is 19.7 Å². The zero-order valence-electron chi connectivity index (χ0n) is 13.2. The zero-order chi connectivity index (χ0) is 14.3. The first kappa shape index (κ1) is 13.7. The van der Waals surface area contributed by atoms with Crippen LogP contribution in [0.2, 0.25) is 0 Å². The van der Waals surface area contributed by atoms with Gasteiger partial charge in [-0.15, -0.1) is 10.2 Å². The van der Waals surface area contributed by atoms with Gasteiger partial charge in [0.2, 0.25) is 0 Å². The Morgan fingerprint density at radius 1 is 1.00 bits per heavy atom. The van der Waals surface area contributed by atoms with Crippen LogP contribution >= 0.6 is 0 Å². The minimum absolute atomic E-state index is 0.722. The maximum atomic E-state index is 3.87. The van der Waals surface area contributed by atoms with E-state index in [1.165, 1.54) is 13.0 Å². The molecule has 5 rings (SSSR count). The fraction of sp³-hybridized carbons (Fsp3) is 0.882. The van der Waals surface area contributed by atoms with Crippen molar-refractivity contribution >= 4 is 0 Å². The Labute approximate surface area is 127 Å². The predicted octanol–water partition coefficient (Wildman–Crippen LogP) is 2.82. The molecule has 0 spiro atoms. The van der Waals surface area contributed by atoms with E-state index in [-0.39, 0.29) is 0 Å². The van der Waals surface area contributed by atoms with Crippen molar-refractivity contribution in [2.45, 2.75) is 51.5 Å². The Kier molecular flexibility index (Phi) is 3.52. The number of likely N-dealkylation sites (N-methyl/N-ethyl adjacent to an activating group) is 1. The Morgan fingerprint density at radius 3 is 2.14 bits per heavy atom. The number of nitrogens with zero attached hydrogens (tertiary/aromatic N) is 4. The molecule has 4 heteroatoms. The van der Waals surface area contributed by atoms with Crippen molar-refractivity contribution < 1.29 is 0 Å². The number of aromatic nitrogens is 3. The van der Waals surface area contributed by atoms with Crippen molar-refractivity contribution in [2.75, 3.05) is 20.1 Å². The Hall–Kier alpha value is -0.900. The third-order valence-electron chi connectivity index (χ3n) is 6.40. The van der Waals surface area contributed by atoms with E-state index in [1.54, 1.807) is 38.5 Å². The second-order valence-electron chi connectivity index (χ2n) is 8.17. The Balaban J connectivity index is 1.28. The van der Waals surface area contributed by atoms with Gasteiger partial charge < -0.3 is 9.47 Å². The Bertz CT molecular complexity index is 432. The highest BCUT2D eigenvalue weighted by molar-refractivity contribution is 5.01. The fourth-order valence-electron chi connectivity index (χ4n) is 5.76. The molecule has 0 unspecified atom stereocenters. The predicted molar refractivity (Wildman–Crippen MR) is 82.7 cm³/mol. The molecule has 0 saturated heterocycles. The van der Waals surface area contributed by atoms with Crippen molar-refractivity contribution in [3.05, 3.63) is 12.7 Å². The molecule has 0 aromatic carbocycles. The summed E-state index contributed by atoms with van der Waals surface area (Å²) in [7, 11) is 2.27. The van der Waals surface area contributed by atoms with E-state index in [0.717, 1.165) is 36.3 Å². The normalized spacial score (nSPS) is 37.5. The smallest absolute Gasteiger partial charge is 0.119 e. The first-order chi connectivity index (χ1) is 10.2. The number of hydrogen-bond donors (Lipinski definition) is 0. The summed E-state index contributed by atoms with van der Waals surface area (Å²) in [5.74, 6) is 3.25. The van der Waals surface area contributed by atoms with E-state index in [1.807, 2.05) is 12.7 Å². The van der Waals surface area contributed by atoms with Crippen LogP contribution in [0.5, 0.6) is 0 Å². The summed E-state index contributed by atoms with van der Waals surface area (Å²) >= 11 is 0. The van der Waals surface area contributed by atoms with Crippen LogP contribution in [0.1, 0.15) is 44.9 Å². The molecule has 0 amide bonds. The van der Waals surface area contributed by atoms with Crippen LogP contribution < -0.4 is 0 Å². The molecule has 4 bridgehead atoms. The van der Waals surface area contributed by atoms with E-state index in [4.69, 9.17) is 0 Å². The summed E-state index contributed by atoms with van der Waals surface area (Å²) in [6, 6.07) is 0. The summed E-state index contributed by atoms with van der Waals surface area (Å²) in [5.41, 5.74) is 0.722. The molecule has 1 heterocycles. The van der Waals surface area contributed by atoms with Crippen LogP contribution in [0.25, 0.3) is 0 Å². The van der Waals surface area contributed by atoms with Gasteiger partial charge in [-0.25, -0.2) is 0 Å². The fourth-order valence-corrected chi connectivity index (χ4v) is 5.76. The molecule has 4 saturated carbocycles. The minimum Gasteiger partial charge on any atom is -0.319 e. The third-order valence-corrected chi connectivity index (χ3v) is 6.40. The maximum absolute atomic E-state index is 3.87. The molecular weight excluding hydrogens is 260 g/mol. The summed E-state index contributed by atoms with van der Waals surface area (Å²) in [4.78, 5) is 2.50. The van der Waals surface area contributed by atoms with Gasteiger partial charge in [-0.1, -0.05) is 0 Å². The molecule has 116 valence electrons. The van der Waals surface area contributed by atoms with Crippen molar-refractivity contribution in [3.8, 4) is 0 Å². The van der Waals surface area contributed by atoms with Gasteiger partial charge in [0.15, 0.2) is 0 Å². The van der Waals surface area contributed by atoms with Crippen LogP contribution in [0.3, 0.4) is 0 Å². The highest BCUT2D eigenvalue weighted by atomic mass is 15.2. The van der Waals surface area contributed by atoms with Crippen molar-refractivity contribution in [1.29, 1.82) is 0 Å². The summed E-state index contributed by atoms with van der Waals surface area (Å²) < 4.78 is 2.07. The molecular formula is C17H28N4. The second-order valence-corrected chi connectivity index (χ2v) is 8.17. The van der Waals surface area contributed by atoms with Gasteiger partial charge in [0.1, 0.15) is 12.7 Å². The van der Waals surface area contributed by atoms with E-state index in [0.29, 0.717) is 0 Å². The van der Waals surface area contributed by atoms with E-state index in [9.17, 15) is 0 Å². The number of rotatable bonds is 6. The van der Waals surface area contributed by atoms with E-state index in [2.05, 4.69) is 26.7 Å². The SMILES string of the molecule is CN(CCn1cnnc1)CCC12CC3CC(CC(C3)C1)C2. The Morgan fingerprint density at radius 2 is 1.57 bits per heavy atom. The van der Waals surface area contributed by atoms with Crippen LogP contribution in [0.15, 0.2) is 12.7 Å². The lowest BCUT2D eigenvalue weighted by molar-refractivity contribution is -0.0603. The average molecular weight is 288 g/mol. The van der Waals surface area contributed by atoms with Gasteiger partial charge in [0, 0.05) is 13.1 Å². The van der Waals surface area contributed by atoms with Crippen molar-refractivity contribution in [3.63, 3.8) is 0 Å². The van der Waals surface area contributed by atoms with Crippen LogP contribution in [0, 0.1) is 23.2 Å². The van der Waals surface area contributed by atoms with Gasteiger partial charge in [-0.2, -0.15) is 0 Å². The standard InChI is InChI=1S/C17H28N4/c1-20(4-5-21-12-18-19-13-21)3-2-17-9-14-6-15(10-17)8-16(7-14)11-17/h12-16H,2-11H2,1H3. The zero-order valence-corrected chi connectivity index (χ0v) is 13.2. The molecule has 0 radical (unpaired) electrons. The van der Waals surface area contributed by atoms with Gasteiger partial charge in [-0.3, -0.25) is 0 Å². The lowest BCUT2D eigenvalue weighted by Crippen LogP contribution is -2.47. The quantitative estimate of drug-likeness (QED) is 0.807. The summed E-state index contributed by atoms with van der Waals surface area (Å²) in [6.07, 6.45) is 14.3. The lowest BCUT2D eigenvalue weighted by atomic mass is 9.49. The summed E-state index contributed by atoms with van der Waals surface area (Å²) in [5, 5.41) is 7.73. The van der Waals surface area contributed by atoms with Crippen LogP contribution in [-0.4, -0.2) is 39.8 Å². The molecule has 4 aliphatic carbocycles. The lowest BCUT2D eigenvalue weighted by Gasteiger charge is -2.57. The average Bonchev–Trinajstić information content (AvgIpc) is 2.95. The molecule has 4 fully saturated rings. The molecule has 4 aliphatic rings. The molecule has 21 heavy (non-hydrogen) atoms. The van der Waals surface area contributed by atoms with Gasteiger partial charge in [0.25, 0.3) is 0 Å². The number of hydrogen-bond acceptors (Lipinski definition) is 3. The van der Waals surface area contributed by atoms with E-state index >= 15 is 0 Å². The third kappa shape index (κ3) is 2.87. The molecule has 4 nitrogen and oxygen atoms in total. The van der Waals surface area contributed by atoms with Gasteiger partial charge >= 0.3 is 0 Å². The molecule has 0 atom stereocenters. The highest BCUT2D eigenvalue weighted by Gasteiger charge is 2.50. The topological polar surface area (TPSA) is 34.0 Å². The molecule has 0 aliphatic heterocycles. The first-order valence-corrected chi connectivity index (χ1v) is 8.72. The monoisotopic (exact) mass is 288 g/mol. The van der Waals surface area contributed by atoms with E-state index < -0.39 is 0 Å². The van der Waals surface area contributed by atoms with Gasteiger partial charge in [0.05, 0.1) is 0 Å². The summed E-state index contributed by atoms with van der Waals surface area (Å²) in [6.45, 7) is 3.36. The maximum Gasteiger partial charge on any atom is 0.119 e. The van der Waals surface area contributed by atoms with Gasteiger partial charge in [-0.05, 0) is 81.7 Å². The van der Waals surface area contributed by atoms with Crippen molar-refractivity contribution in [2.24, 2.45) is 23.2 Å². The largest absolute Gasteiger partial charge is 0.319 e. The molecule has 0 N–H and O–H groups in total. The molecule has 1 aromatic heterocycles. The van der Waals surface area contributed by atoms with Crippen LogP contribution in [0.4, 0.5) is 0 Å². The first-order valence-electron chi connectivity index (χ1n) is 8.72.